The number of sulfone groups is 1. The lowest BCUT2D eigenvalue weighted by Crippen LogP contribution is -2.65. The number of rotatable bonds is 14. The summed E-state index contributed by atoms with van der Waals surface area (Å²) in [4.78, 5) is 15.2. The van der Waals surface area contributed by atoms with Gasteiger partial charge in [-0.15, -0.1) is 0 Å². The SMILES string of the molecule is O=C1[C@H](CCC(O)c2ccc(F)cc2)C(c2ccc(-c3ccc(S(=O)(=O)CC4OC(CO)C(OC5OC(CO)C(O)C(O)C5O)C(O)C4O)cc3)cc2)N1c1ccccc1. The van der Waals surface area contributed by atoms with Crippen LogP contribution in [0.5, 0.6) is 0 Å². The second-order valence-electron chi connectivity index (χ2n) is 15.3. The number of carbonyl (C=O) groups excluding carboxylic acids is 1. The summed E-state index contributed by atoms with van der Waals surface area (Å²) in [6.07, 6.45) is -16.8. The maximum atomic E-state index is 13.6. The Morgan fingerprint density at radius 2 is 1.30 bits per heavy atom. The number of halogens is 1. The maximum absolute atomic E-state index is 13.6. The van der Waals surface area contributed by atoms with E-state index >= 15 is 0 Å². The molecule has 322 valence electrons. The van der Waals surface area contributed by atoms with Crippen LogP contribution in [-0.2, 0) is 28.8 Å². The minimum Gasteiger partial charge on any atom is -0.394 e. The van der Waals surface area contributed by atoms with E-state index in [2.05, 4.69) is 0 Å². The van der Waals surface area contributed by atoms with Crippen molar-refractivity contribution in [3.63, 3.8) is 0 Å². The van der Waals surface area contributed by atoms with Crippen molar-refractivity contribution >= 4 is 21.4 Å². The Morgan fingerprint density at radius 1 is 0.700 bits per heavy atom. The van der Waals surface area contributed by atoms with Crippen LogP contribution >= 0.6 is 0 Å². The first-order chi connectivity index (χ1) is 28.7. The monoisotopic (exact) mass is 853 g/mol. The van der Waals surface area contributed by atoms with E-state index in [1.54, 1.807) is 17.0 Å². The summed E-state index contributed by atoms with van der Waals surface area (Å²) in [7, 11) is -4.16. The number of aliphatic hydroxyl groups is 8. The van der Waals surface area contributed by atoms with Crippen molar-refractivity contribution < 1.29 is 72.7 Å². The Balaban J connectivity index is 1.01. The van der Waals surface area contributed by atoms with Gasteiger partial charge >= 0.3 is 0 Å². The molecule has 4 aromatic rings. The van der Waals surface area contributed by atoms with Crippen molar-refractivity contribution in [2.75, 3.05) is 23.9 Å². The van der Waals surface area contributed by atoms with E-state index in [4.69, 9.17) is 14.2 Å². The molecule has 3 heterocycles. The van der Waals surface area contributed by atoms with Crippen LogP contribution < -0.4 is 4.90 Å². The molecule has 15 nitrogen and oxygen atoms in total. The van der Waals surface area contributed by atoms with Gasteiger partial charge in [-0.1, -0.05) is 66.7 Å². The van der Waals surface area contributed by atoms with Gasteiger partial charge in [-0.2, -0.15) is 0 Å². The average molecular weight is 854 g/mol. The van der Waals surface area contributed by atoms with Crippen molar-refractivity contribution in [2.45, 2.75) is 91.1 Å². The maximum Gasteiger partial charge on any atom is 0.233 e. The van der Waals surface area contributed by atoms with Crippen molar-refractivity contribution in [1.82, 2.24) is 0 Å². The van der Waals surface area contributed by atoms with Gasteiger partial charge in [0.25, 0.3) is 0 Å². The van der Waals surface area contributed by atoms with E-state index in [9.17, 15) is 58.5 Å². The zero-order valence-electron chi connectivity index (χ0n) is 32.1. The van der Waals surface area contributed by atoms with Gasteiger partial charge in [0.15, 0.2) is 16.1 Å². The lowest BCUT2D eigenvalue weighted by molar-refractivity contribution is -0.341. The highest BCUT2D eigenvalue weighted by molar-refractivity contribution is 7.91. The first-order valence-corrected chi connectivity index (χ1v) is 21.2. The molecule has 8 N–H and O–H groups in total. The Hall–Kier alpha value is -4.21. The molecule has 12 unspecified atom stereocenters. The third-order valence-electron chi connectivity index (χ3n) is 11.5. The zero-order valence-corrected chi connectivity index (χ0v) is 32.9. The summed E-state index contributed by atoms with van der Waals surface area (Å²) in [6.45, 7) is -1.56. The molecule has 0 bridgehead atoms. The van der Waals surface area contributed by atoms with Crippen LogP contribution in [-0.4, -0.2) is 135 Å². The van der Waals surface area contributed by atoms with E-state index in [-0.39, 0.29) is 16.8 Å². The number of hydrogen-bond donors (Lipinski definition) is 8. The molecule has 0 spiro atoms. The van der Waals surface area contributed by atoms with Crippen LogP contribution in [0.2, 0.25) is 0 Å². The molecule has 0 aromatic heterocycles. The van der Waals surface area contributed by atoms with E-state index in [1.165, 1.54) is 36.4 Å². The van der Waals surface area contributed by atoms with Gasteiger partial charge in [-0.3, -0.25) is 4.79 Å². The molecule has 3 saturated heterocycles. The van der Waals surface area contributed by atoms with Crippen molar-refractivity contribution in [3.05, 3.63) is 120 Å². The molecule has 3 fully saturated rings. The first kappa shape index (κ1) is 43.9. The number of anilines is 1. The van der Waals surface area contributed by atoms with Crippen molar-refractivity contribution in [3.8, 4) is 11.1 Å². The zero-order chi connectivity index (χ0) is 42.9. The summed E-state index contributed by atoms with van der Waals surface area (Å²) < 4.78 is 57.2. The summed E-state index contributed by atoms with van der Waals surface area (Å²) in [6, 6.07) is 28.1. The number of β-lactam (4-membered cyclic amide) rings is 1. The van der Waals surface area contributed by atoms with E-state index in [0.717, 1.165) is 16.8 Å². The lowest BCUT2D eigenvalue weighted by Gasteiger charge is -2.48. The number of hydrogen-bond acceptors (Lipinski definition) is 14. The largest absolute Gasteiger partial charge is 0.394 e. The molecule has 0 radical (unpaired) electrons. The minimum absolute atomic E-state index is 0.0767. The molecule has 0 aliphatic carbocycles. The number of ether oxygens (including phenoxy) is 3. The van der Waals surface area contributed by atoms with Gasteiger partial charge in [-0.25, -0.2) is 12.8 Å². The highest BCUT2D eigenvalue weighted by Gasteiger charge is 2.51. The Labute approximate surface area is 345 Å². The number of carbonyl (C=O) groups is 1. The number of benzene rings is 4. The number of aliphatic hydroxyl groups excluding tert-OH is 8. The smallest absolute Gasteiger partial charge is 0.233 e. The molecule has 4 aromatic carbocycles. The fraction of sp³-hybridized carbons (Fsp3) is 0.419. The quantitative estimate of drug-likeness (QED) is 0.0831. The highest BCUT2D eigenvalue weighted by atomic mass is 32.2. The topological polar surface area (TPSA) is 244 Å². The van der Waals surface area contributed by atoms with Gasteiger partial charge < -0.3 is 60.0 Å². The molecule has 60 heavy (non-hydrogen) atoms. The first-order valence-electron chi connectivity index (χ1n) is 19.6. The Kier molecular flexibility index (Phi) is 13.5. The average Bonchev–Trinajstić information content (AvgIpc) is 3.26. The van der Waals surface area contributed by atoms with Gasteiger partial charge in [0.05, 0.1) is 41.9 Å². The second kappa shape index (κ2) is 18.4. The van der Waals surface area contributed by atoms with Gasteiger partial charge in [0.2, 0.25) is 5.91 Å². The van der Waals surface area contributed by atoms with Crippen molar-refractivity contribution in [1.29, 1.82) is 0 Å². The second-order valence-corrected chi connectivity index (χ2v) is 17.4. The van der Waals surface area contributed by atoms with Crippen LogP contribution in [0.15, 0.2) is 108 Å². The van der Waals surface area contributed by atoms with E-state index in [0.29, 0.717) is 24.0 Å². The molecule has 1 amide bonds. The molecule has 13 atom stereocenters. The van der Waals surface area contributed by atoms with Gasteiger partial charge in [-0.05, 0) is 71.5 Å². The predicted octanol–water partition coefficient (Wildman–Crippen LogP) is 1.15. The number of nitrogens with zero attached hydrogens (tertiary/aromatic N) is 1. The van der Waals surface area contributed by atoms with Crippen LogP contribution in [0, 0.1) is 11.7 Å². The van der Waals surface area contributed by atoms with Crippen LogP contribution in [0.25, 0.3) is 11.1 Å². The summed E-state index contributed by atoms with van der Waals surface area (Å²) in [5.74, 6) is -1.69. The standard InChI is InChI=1S/C43H48FNO14S/c44-27-14-10-25(11-15-27)31(48)19-18-30-35(45(42(30)54)28-4-2-1-3-5-28)26-8-6-23(7-9-26)24-12-16-29(17-13-24)60(55,56)22-34-37(50)39(52)41(33(21-47)57-34)59-43-40(53)38(51)36(49)32(20-46)58-43/h1-17,30-41,43,46-53H,18-22H2/t30-,31?,32?,33?,34?,35?,36?,37?,38?,39?,40?,41?,43?/m1/s1. The minimum atomic E-state index is -4.16. The molecule has 3 aliphatic heterocycles. The third-order valence-corrected chi connectivity index (χ3v) is 13.3. The van der Waals surface area contributed by atoms with Crippen LogP contribution in [0.4, 0.5) is 10.1 Å². The summed E-state index contributed by atoms with van der Waals surface area (Å²) in [5.41, 5.74) is 3.60. The molecular weight excluding hydrogens is 806 g/mol. The van der Waals surface area contributed by atoms with Crippen LogP contribution in [0.1, 0.15) is 36.1 Å². The number of amides is 1. The van der Waals surface area contributed by atoms with Crippen molar-refractivity contribution in [2.24, 2.45) is 5.92 Å². The predicted molar refractivity (Wildman–Crippen MR) is 211 cm³/mol. The summed E-state index contributed by atoms with van der Waals surface area (Å²) in [5, 5.41) is 82.8. The normalized spacial score (nSPS) is 31.4. The van der Waals surface area contributed by atoms with Gasteiger partial charge in [0, 0.05) is 5.69 Å². The molecule has 3 aliphatic rings. The van der Waals surface area contributed by atoms with E-state index in [1.807, 2.05) is 54.6 Å². The fourth-order valence-corrected chi connectivity index (χ4v) is 9.57. The highest BCUT2D eigenvalue weighted by Crippen LogP contribution is 2.46. The third kappa shape index (κ3) is 8.90. The van der Waals surface area contributed by atoms with E-state index < -0.39 is 108 Å². The molecular formula is C43H48FNO14S. The van der Waals surface area contributed by atoms with Gasteiger partial charge in [0.1, 0.15) is 60.8 Å². The molecule has 17 heteroatoms. The summed E-state index contributed by atoms with van der Waals surface area (Å²) >= 11 is 0. The lowest BCUT2D eigenvalue weighted by atomic mass is 9.78. The van der Waals surface area contributed by atoms with Crippen LogP contribution in [0.3, 0.4) is 0 Å². The number of para-hydroxylation sites is 1. The fourth-order valence-electron chi connectivity index (χ4n) is 8.12. The molecule has 7 rings (SSSR count). The Morgan fingerprint density at radius 3 is 1.92 bits per heavy atom. The Bertz CT molecular complexity index is 2160. The molecule has 0 saturated carbocycles.